The molecule has 0 saturated heterocycles. The van der Waals surface area contributed by atoms with E-state index < -0.39 is 5.41 Å². The molecule has 0 fully saturated rings. The number of aliphatic hydroxyl groups excluding tert-OH is 1. The van der Waals surface area contributed by atoms with Crippen LogP contribution in [0, 0.1) is 23.8 Å². The Morgan fingerprint density at radius 3 is 2.14 bits per heavy atom. The van der Waals surface area contributed by atoms with Crippen LogP contribution in [0.25, 0.3) is 22.4 Å². The van der Waals surface area contributed by atoms with E-state index in [4.69, 9.17) is 9.40 Å². The van der Waals surface area contributed by atoms with E-state index in [9.17, 15) is 9.90 Å². The van der Waals surface area contributed by atoms with Gasteiger partial charge in [0.05, 0.1) is 11.8 Å². The second kappa shape index (κ2) is 12.3. The quantitative estimate of drug-likeness (QED) is 0.168. The fourth-order valence-corrected chi connectivity index (χ4v) is 3.42. The summed E-state index contributed by atoms with van der Waals surface area (Å²) in [6.45, 7) is 20.1. The number of carbonyl (C=O) groups excluding carboxylic acids is 1. The number of fused-ring (bicyclic) bond motifs is 1. The van der Waals surface area contributed by atoms with Crippen LogP contribution in [0.5, 0.6) is 0 Å². The Kier molecular flexibility index (Phi) is 10.9. The van der Waals surface area contributed by atoms with Crippen molar-refractivity contribution < 1.29 is 34.4 Å². The van der Waals surface area contributed by atoms with Gasteiger partial charge in [-0.1, -0.05) is 75.3 Å². The molecule has 3 rings (SSSR count). The minimum atomic E-state index is -0.417. The second-order valence-corrected chi connectivity index (χ2v) is 11.6. The van der Waals surface area contributed by atoms with E-state index in [1.54, 1.807) is 6.26 Å². The van der Waals surface area contributed by atoms with Gasteiger partial charge in [0.1, 0.15) is 5.76 Å². The SMILES string of the molecule is CC(C)(C)C(=O)/C=C(\O)C(C)(C)C.CCC(C)(CC)c1cc(C)[c-]c(-c2ccc3occc3n2)c1.[Ir]. The van der Waals surface area contributed by atoms with Crippen molar-refractivity contribution in [2.75, 3.05) is 0 Å². The summed E-state index contributed by atoms with van der Waals surface area (Å²) in [6.07, 6.45) is 5.26. The zero-order chi connectivity index (χ0) is 26.6. The van der Waals surface area contributed by atoms with Crippen LogP contribution in [0.15, 0.2) is 52.8 Å². The van der Waals surface area contributed by atoms with Gasteiger partial charge in [0.15, 0.2) is 11.4 Å². The Bertz CT molecular complexity index is 1190. The van der Waals surface area contributed by atoms with Crippen molar-refractivity contribution in [1.29, 1.82) is 0 Å². The number of pyridine rings is 1. The number of hydrogen-bond acceptors (Lipinski definition) is 4. The fraction of sp³-hybridized carbons (Fsp3) is 0.484. The Labute approximate surface area is 231 Å². The van der Waals surface area contributed by atoms with E-state index in [0.29, 0.717) is 0 Å². The number of allylic oxidation sites excluding steroid dienone is 2. The van der Waals surface area contributed by atoms with Gasteiger partial charge in [-0.3, -0.25) is 9.78 Å². The largest absolute Gasteiger partial charge is 0.512 e. The number of aromatic nitrogens is 1. The smallest absolute Gasteiger partial charge is 0.164 e. The van der Waals surface area contributed by atoms with E-state index in [1.165, 1.54) is 11.6 Å². The number of hydrogen-bond donors (Lipinski definition) is 1. The second-order valence-electron chi connectivity index (χ2n) is 11.6. The topological polar surface area (TPSA) is 63.3 Å². The molecule has 2 aromatic heterocycles. The van der Waals surface area contributed by atoms with Gasteiger partial charge in [0, 0.05) is 43.1 Å². The maximum Gasteiger partial charge on any atom is 0.164 e. The van der Waals surface area contributed by atoms with Crippen molar-refractivity contribution in [1.82, 2.24) is 4.98 Å². The van der Waals surface area contributed by atoms with Crippen LogP contribution in [-0.4, -0.2) is 15.9 Å². The van der Waals surface area contributed by atoms with Gasteiger partial charge in [0.2, 0.25) is 0 Å². The minimum absolute atomic E-state index is 0. The van der Waals surface area contributed by atoms with Crippen LogP contribution in [0.2, 0.25) is 0 Å². The average molecular weight is 669 g/mol. The summed E-state index contributed by atoms with van der Waals surface area (Å²) < 4.78 is 5.37. The molecule has 0 atom stereocenters. The third kappa shape index (κ3) is 8.14. The van der Waals surface area contributed by atoms with Crippen LogP contribution < -0.4 is 0 Å². The predicted molar refractivity (Wildman–Crippen MR) is 146 cm³/mol. The summed E-state index contributed by atoms with van der Waals surface area (Å²) in [6, 6.07) is 13.8. The van der Waals surface area contributed by atoms with E-state index in [2.05, 4.69) is 45.9 Å². The van der Waals surface area contributed by atoms with Gasteiger partial charge in [-0.25, -0.2) is 0 Å². The van der Waals surface area contributed by atoms with Crippen LogP contribution in [0.4, 0.5) is 0 Å². The molecule has 2 heterocycles. The van der Waals surface area contributed by atoms with Gasteiger partial charge in [-0.15, -0.1) is 34.9 Å². The molecule has 1 N–H and O–H groups in total. The first-order valence-electron chi connectivity index (χ1n) is 12.5. The van der Waals surface area contributed by atoms with Crippen molar-refractivity contribution in [2.24, 2.45) is 10.8 Å². The standard InChI is InChI=1S/C20H22NO.C11H20O2.Ir/c1-5-20(4,6-2)16-12-14(3)11-15(13-16)17-7-8-19-18(21-17)9-10-22-19;1-10(2,3)8(12)7-9(13)11(4,5)6;/h7-10,12-13H,5-6H2,1-4H3;7,12H,1-6H3;/q-1;;/b;8-7-;. The summed E-state index contributed by atoms with van der Waals surface area (Å²) in [5.74, 6) is 0.104. The monoisotopic (exact) mass is 669 g/mol. The fourth-order valence-electron chi connectivity index (χ4n) is 3.42. The zero-order valence-electron chi connectivity index (χ0n) is 23.5. The number of aliphatic hydroxyl groups is 1. The maximum atomic E-state index is 11.5. The van der Waals surface area contributed by atoms with E-state index in [1.807, 2.05) is 59.7 Å². The van der Waals surface area contributed by atoms with Crippen molar-refractivity contribution in [3.05, 3.63) is 65.6 Å². The third-order valence-electron chi connectivity index (χ3n) is 6.62. The molecule has 1 aromatic carbocycles. The van der Waals surface area contributed by atoms with E-state index in [0.717, 1.165) is 40.8 Å². The number of carbonyl (C=O) groups is 1. The van der Waals surface area contributed by atoms with Crippen molar-refractivity contribution in [2.45, 2.75) is 87.5 Å². The van der Waals surface area contributed by atoms with Crippen LogP contribution in [0.1, 0.15) is 86.3 Å². The molecule has 0 unspecified atom stereocenters. The Balaban J connectivity index is 0.000000402. The number of rotatable bonds is 5. The summed E-state index contributed by atoms with van der Waals surface area (Å²) in [5.41, 5.74) is 5.70. The first-order chi connectivity index (χ1) is 16.1. The number of nitrogens with zero attached hydrogens (tertiary/aromatic N) is 1. The maximum absolute atomic E-state index is 11.5. The molecule has 36 heavy (non-hydrogen) atoms. The zero-order valence-corrected chi connectivity index (χ0v) is 25.9. The first kappa shape index (κ1) is 31.8. The third-order valence-corrected chi connectivity index (χ3v) is 6.62. The average Bonchev–Trinajstić information content (AvgIpc) is 3.25. The molecule has 199 valence electrons. The molecule has 4 nitrogen and oxygen atoms in total. The molecule has 5 heteroatoms. The Morgan fingerprint density at radius 2 is 1.61 bits per heavy atom. The predicted octanol–water partition coefficient (Wildman–Crippen LogP) is 8.77. The minimum Gasteiger partial charge on any atom is -0.512 e. The van der Waals surface area contributed by atoms with Crippen LogP contribution >= 0.6 is 0 Å². The number of aryl methyl sites for hydroxylation is 1. The van der Waals surface area contributed by atoms with Gasteiger partial charge in [0.25, 0.3) is 0 Å². The normalized spacial score (nSPS) is 12.6. The summed E-state index contributed by atoms with van der Waals surface area (Å²) in [7, 11) is 0. The Hall–Kier alpha value is -2.23. The van der Waals surface area contributed by atoms with Gasteiger partial charge in [-0.2, -0.15) is 0 Å². The molecular formula is C31H42IrNO3-. The molecule has 1 radical (unpaired) electrons. The van der Waals surface area contributed by atoms with Crippen molar-refractivity contribution in [3.8, 4) is 11.3 Å². The molecule has 3 aromatic rings. The van der Waals surface area contributed by atoms with Crippen LogP contribution in [0.3, 0.4) is 0 Å². The van der Waals surface area contributed by atoms with Crippen LogP contribution in [-0.2, 0) is 30.3 Å². The number of ketones is 1. The van der Waals surface area contributed by atoms with E-state index >= 15 is 0 Å². The molecule has 0 bridgehead atoms. The van der Waals surface area contributed by atoms with E-state index in [-0.39, 0.29) is 42.5 Å². The van der Waals surface area contributed by atoms with Crippen molar-refractivity contribution in [3.63, 3.8) is 0 Å². The molecular weight excluding hydrogens is 627 g/mol. The molecule has 0 aliphatic rings. The van der Waals surface area contributed by atoms with Gasteiger partial charge < -0.3 is 9.52 Å². The molecule has 0 amide bonds. The summed E-state index contributed by atoms with van der Waals surface area (Å²) >= 11 is 0. The number of furan rings is 1. The summed E-state index contributed by atoms with van der Waals surface area (Å²) in [4.78, 5) is 16.2. The van der Waals surface area contributed by atoms with Crippen molar-refractivity contribution >= 4 is 16.9 Å². The number of benzene rings is 1. The van der Waals surface area contributed by atoms with Gasteiger partial charge >= 0.3 is 0 Å². The Morgan fingerprint density at radius 1 is 1.00 bits per heavy atom. The van der Waals surface area contributed by atoms with Gasteiger partial charge in [-0.05, 0) is 30.0 Å². The summed E-state index contributed by atoms with van der Waals surface area (Å²) in [5, 5.41) is 9.56. The molecule has 0 saturated carbocycles. The first-order valence-corrected chi connectivity index (χ1v) is 12.5. The molecule has 0 aliphatic carbocycles. The molecule has 0 spiro atoms. The molecule has 0 aliphatic heterocycles.